The van der Waals surface area contributed by atoms with E-state index in [1.807, 2.05) is 18.2 Å². The summed E-state index contributed by atoms with van der Waals surface area (Å²) in [4.78, 5) is 44.1. The number of hydrogen-bond acceptors (Lipinski definition) is 6. The highest BCUT2D eigenvalue weighted by Crippen LogP contribution is 2.39. The number of ether oxygens (including phenoxy) is 1. The highest BCUT2D eigenvalue weighted by atomic mass is 32.2. The molecule has 2 aromatic rings. The van der Waals surface area contributed by atoms with Gasteiger partial charge in [0.05, 0.1) is 24.6 Å². The molecule has 1 saturated heterocycles. The zero-order valence-corrected chi connectivity index (χ0v) is 16.9. The van der Waals surface area contributed by atoms with Gasteiger partial charge in [-0.15, -0.1) is 0 Å². The number of thioether (sulfide) groups is 1. The molecule has 0 N–H and O–H groups in total. The number of aryl methyl sites for hydroxylation is 1. The van der Waals surface area contributed by atoms with Gasteiger partial charge in [-0.2, -0.15) is 0 Å². The molecule has 150 valence electrons. The van der Waals surface area contributed by atoms with Crippen molar-refractivity contribution in [2.24, 2.45) is 0 Å². The summed E-state index contributed by atoms with van der Waals surface area (Å²) < 4.78 is 7.84. The van der Waals surface area contributed by atoms with Crippen molar-refractivity contribution in [1.29, 1.82) is 0 Å². The van der Waals surface area contributed by atoms with Crippen molar-refractivity contribution in [3.05, 3.63) is 51.9 Å². The Morgan fingerprint density at radius 3 is 3.03 bits per heavy atom. The lowest BCUT2D eigenvalue weighted by molar-refractivity contribution is -0.131. The number of Topliss-reactive ketones (excluding diaryl/α,β-unsaturated/α-hetero) is 1. The van der Waals surface area contributed by atoms with Crippen LogP contribution in [-0.4, -0.2) is 50.6 Å². The van der Waals surface area contributed by atoms with Crippen LogP contribution in [-0.2, 0) is 4.79 Å². The number of benzene rings is 1. The molecule has 3 aliphatic heterocycles. The summed E-state index contributed by atoms with van der Waals surface area (Å²) in [7, 11) is 0. The number of likely N-dealkylation sites (tertiary alicyclic amines) is 1. The number of carbonyl (C=O) groups excluding carboxylic acids is 2. The standard InChI is InChI=1S/C21H21N3O4S/c1-13-8-19(27)24-14(11-29-20(24)22-13)9-18(26)23-7-6-21(12-23)10-16(25)15-4-2-3-5-17(15)28-21/h2-5,8,14H,6-7,9-12H2,1H3. The third kappa shape index (κ3) is 3.15. The Hall–Kier alpha value is -2.61. The van der Waals surface area contributed by atoms with Crippen molar-refractivity contribution in [3.8, 4) is 5.75 Å². The minimum Gasteiger partial charge on any atom is -0.484 e. The predicted octanol–water partition coefficient (Wildman–Crippen LogP) is 2.23. The lowest BCUT2D eigenvalue weighted by Gasteiger charge is -2.34. The minimum absolute atomic E-state index is 0.0114. The van der Waals surface area contributed by atoms with Gasteiger partial charge in [-0.1, -0.05) is 23.9 Å². The zero-order valence-electron chi connectivity index (χ0n) is 16.1. The quantitative estimate of drug-likeness (QED) is 0.705. The molecular weight excluding hydrogens is 390 g/mol. The molecule has 1 spiro atoms. The maximum absolute atomic E-state index is 13.0. The monoisotopic (exact) mass is 411 g/mol. The Bertz CT molecular complexity index is 1080. The number of hydrogen-bond donors (Lipinski definition) is 0. The van der Waals surface area contributed by atoms with Crippen LogP contribution >= 0.6 is 11.8 Å². The highest BCUT2D eigenvalue weighted by Gasteiger charge is 2.47. The third-order valence-corrected chi connectivity index (χ3v) is 6.99. The summed E-state index contributed by atoms with van der Waals surface area (Å²) in [6.07, 6.45) is 1.18. The second-order valence-electron chi connectivity index (χ2n) is 8.00. The number of nitrogens with zero attached hydrogens (tertiary/aromatic N) is 3. The lowest BCUT2D eigenvalue weighted by atomic mass is 9.89. The van der Waals surface area contributed by atoms with Gasteiger partial charge in [0, 0.05) is 36.9 Å². The smallest absolute Gasteiger partial charge is 0.254 e. The molecule has 0 radical (unpaired) electrons. The zero-order chi connectivity index (χ0) is 20.2. The molecule has 8 heteroatoms. The van der Waals surface area contributed by atoms with Gasteiger partial charge in [0.25, 0.3) is 5.56 Å². The molecule has 0 aliphatic carbocycles. The largest absolute Gasteiger partial charge is 0.484 e. The van der Waals surface area contributed by atoms with Crippen LogP contribution in [0.2, 0.25) is 0 Å². The number of fused-ring (bicyclic) bond motifs is 2. The summed E-state index contributed by atoms with van der Waals surface area (Å²) in [5.41, 5.74) is 0.566. The van der Waals surface area contributed by atoms with Gasteiger partial charge >= 0.3 is 0 Å². The van der Waals surface area contributed by atoms with Gasteiger partial charge < -0.3 is 9.64 Å². The van der Waals surface area contributed by atoms with Gasteiger partial charge in [0.1, 0.15) is 11.4 Å². The Kier molecular flexibility index (Phi) is 4.27. The normalized spacial score (nSPS) is 25.1. The predicted molar refractivity (Wildman–Crippen MR) is 108 cm³/mol. The number of carbonyl (C=O) groups is 2. The first kappa shape index (κ1) is 18.4. The molecule has 7 nitrogen and oxygen atoms in total. The van der Waals surface area contributed by atoms with Crippen LogP contribution < -0.4 is 10.3 Å². The van der Waals surface area contributed by atoms with Crippen molar-refractivity contribution in [2.75, 3.05) is 18.8 Å². The van der Waals surface area contributed by atoms with E-state index >= 15 is 0 Å². The van der Waals surface area contributed by atoms with E-state index in [2.05, 4.69) is 4.98 Å². The first-order valence-electron chi connectivity index (χ1n) is 9.76. The topological polar surface area (TPSA) is 81.5 Å². The summed E-state index contributed by atoms with van der Waals surface area (Å²) >= 11 is 1.51. The third-order valence-electron chi connectivity index (χ3n) is 5.89. The first-order valence-corrected chi connectivity index (χ1v) is 10.7. The second kappa shape index (κ2) is 6.73. The molecule has 1 fully saturated rings. The molecule has 1 aromatic carbocycles. The van der Waals surface area contributed by atoms with Gasteiger partial charge in [0.2, 0.25) is 5.91 Å². The Balaban J connectivity index is 1.31. The fraction of sp³-hybridized carbons (Fsp3) is 0.429. The Labute approximate surface area is 172 Å². The van der Waals surface area contributed by atoms with Crippen molar-refractivity contribution in [1.82, 2.24) is 14.5 Å². The number of para-hydroxylation sites is 1. The Morgan fingerprint density at radius 1 is 1.34 bits per heavy atom. The van der Waals surface area contributed by atoms with E-state index in [1.54, 1.807) is 22.5 Å². The Morgan fingerprint density at radius 2 is 2.17 bits per heavy atom. The van der Waals surface area contributed by atoms with Gasteiger partial charge in [-0.3, -0.25) is 19.0 Å². The maximum atomic E-state index is 13.0. The molecule has 29 heavy (non-hydrogen) atoms. The average Bonchev–Trinajstić information content (AvgIpc) is 3.26. The summed E-state index contributed by atoms with van der Waals surface area (Å²) in [5.74, 6) is 1.32. The van der Waals surface area contributed by atoms with Gasteiger partial charge in [0.15, 0.2) is 10.9 Å². The van der Waals surface area contributed by atoms with Crippen molar-refractivity contribution < 1.29 is 14.3 Å². The summed E-state index contributed by atoms with van der Waals surface area (Å²) in [5, 5.41) is 0.684. The molecular formula is C21H21N3O4S. The van der Waals surface area contributed by atoms with Crippen LogP contribution in [0.4, 0.5) is 0 Å². The SMILES string of the molecule is Cc1cc(=O)n2c(n1)SCC2CC(=O)N1CCC2(CC(=O)c3ccccc3O2)C1. The minimum atomic E-state index is -0.640. The van der Waals surface area contributed by atoms with E-state index in [0.717, 1.165) is 0 Å². The molecule has 0 bridgehead atoms. The van der Waals surface area contributed by atoms with Crippen LogP contribution in [0.3, 0.4) is 0 Å². The van der Waals surface area contributed by atoms with Crippen LogP contribution in [0.1, 0.15) is 41.4 Å². The highest BCUT2D eigenvalue weighted by molar-refractivity contribution is 7.99. The number of rotatable bonds is 2. The molecule has 2 unspecified atom stereocenters. The fourth-order valence-corrected chi connectivity index (χ4v) is 5.67. The van der Waals surface area contributed by atoms with E-state index in [1.165, 1.54) is 17.8 Å². The van der Waals surface area contributed by atoms with Crippen LogP contribution in [0.5, 0.6) is 5.75 Å². The van der Waals surface area contributed by atoms with Crippen molar-refractivity contribution in [2.45, 2.75) is 43.0 Å². The first-order chi connectivity index (χ1) is 13.9. The van der Waals surface area contributed by atoms with Crippen LogP contribution in [0, 0.1) is 6.92 Å². The number of ketones is 1. The summed E-state index contributed by atoms with van der Waals surface area (Å²) in [6, 6.07) is 8.60. The van der Waals surface area contributed by atoms with E-state index in [-0.39, 0.29) is 29.7 Å². The second-order valence-corrected chi connectivity index (χ2v) is 8.99. The molecule has 0 saturated carbocycles. The maximum Gasteiger partial charge on any atom is 0.254 e. The molecule has 2 atom stereocenters. The molecule has 1 aromatic heterocycles. The van der Waals surface area contributed by atoms with Crippen molar-refractivity contribution in [3.63, 3.8) is 0 Å². The molecule has 4 heterocycles. The fourth-order valence-electron chi connectivity index (χ4n) is 4.47. The number of amides is 1. The summed E-state index contributed by atoms with van der Waals surface area (Å²) in [6.45, 7) is 2.76. The van der Waals surface area contributed by atoms with Crippen molar-refractivity contribution >= 4 is 23.5 Å². The van der Waals surface area contributed by atoms with Crippen LogP contribution in [0.15, 0.2) is 40.3 Å². The molecule has 5 rings (SSSR count). The molecule has 1 amide bonds. The van der Waals surface area contributed by atoms with Gasteiger partial charge in [-0.05, 0) is 19.1 Å². The van der Waals surface area contributed by atoms with E-state index < -0.39 is 5.60 Å². The van der Waals surface area contributed by atoms with Crippen LogP contribution in [0.25, 0.3) is 0 Å². The van der Waals surface area contributed by atoms with E-state index in [0.29, 0.717) is 53.8 Å². The molecule has 3 aliphatic rings. The van der Waals surface area contributed by atoms with Gasteiger partial charge in [-0.25, -0.2) is 4.98 Å². The lowest BCUT2D eigenvalue weighted by Crippen LogP contribution is -2.45. The van der Waals surface area contributed by atoms with E-state index in [4.69, 9.17) is 4.74 Å². The van der Waals surface area contributed by atoms with E-state index in [9.17, 15) is 14.4 Å². The number of aromatic nitrogens is 2. The average molecular weight is 411 g/mol.